The summed E-state index contributed by atoms with van der Waals surface area (Å²) < 4.78 is 13.1. The summed E-state index contributed by atoms with van der Waals surface area (Å²) in [4.78, 5) is 17.6. The number of fused-ring (bicyclic) bond motifs is 5. The van der Waals surface area contributed by atoms with E-state index in [1.54, 1.807) is 0 Å². The third-order valence-corrected chi connectivity index (χ3v) is 11.5. The summed E-state index contributed by atoms with van der Waals surface area (Å²) in [5.74, 6) is 3.39. The van der Waals surface area contributed by atoms with E-state index in [0.29, 0.717) is 17.5 Å². The van der Waals surface area contributed by atoms with Crippen LogP contribution in [0.4, 0.5) is 17.1 Å². The van der Waals surface area contributed by atoms with Gasteiger partial charge in [0.05, 0.1) is 0 Å². The van der Waals surface area contributed by atoms with Crippen molar-refractivity contribution in [3.05, 3.63) is 206 Å². The molecule has 6 heteroatoms. The summed E-state index contributed by atoms with van der Waals surface area (Å²) >= 11 is 0. The van der Waals surface area contributed by atoms with Crippen LogP contribution in [0.1, 0.15) is 0 Å². The Morgan fingerprint density at radius 2 is 0.934 bits per heavy atom. The highest BCUT2D eigenvalue weighted by molar-refractivity contribution is 6.10. The molecule has 1 aliphatic heterocycles. The van der Waals surface area contributed by atoms with Crippen molar-refractivity contribution in [3.63, 3.8) is 0 Å². The average molecular weight is 783 g/mol. The van der Waals surface area contributed by atoms with Gasteiger partial charge in [0, 0.05) is 61.5 Å². The van der Waals surface area contributed by atoms with Gasteiger partial charge in [-0.3, -0.25) is 0 Å². The van der Waals surface area contributed by atoms with Gasteiger partial charge in [-0.1, -0.05) is 133 Å². The van der Waals surface area contributed by atoms with Gasteiger partial charge in [-0.2, -0.15) is 0 Å². The first-order chi connectivity index (χ1) is 30.2. The highest BCUT2D eigenvalue weighted by Crippen LogP contribution is 2.50. The topological polar surface area (TPSA) is 64.3 Å². The maximum Gasteiger partial charge on any atom is 0.164 e. The predicted octanol–water partition coefficient (Wildman–Crippen LogP) is 14.8. The number of para-hydroxylation sites is 2. The Hall–Kier alpha value is -8.35. The van der Waals surface area contributed by atoms with Gasteiger partial charge in [-0.05, 0) is 88.8 Å². The summed E-state index contributed by atoms with van der Waals surface area (Å²) in [6.45, 7) is 0. The summed E-state index contributed by atoms with van der Waals surface area (Å²) in [6.07, 6.45) is 0. The van der Waals surface area contributed by atoms with E-state index in [2.05, 4.69) is 150 Å². The zero-order chi connectivity index (χ0) is 40.3. The fourth-order valence-electron chi connectivity index (χ4n) is 8.64. The zero-order valence-electron chi connectivity index (χ0n) is 32.7. The first-order valence-electron chi connectivity index (χ1n) is 20.3. The van der Waals surface area contributed by atoms with Crippen molar-refractivity contribution < 1.29 is 9.15 Å². The van der Waals surface area contributed by atoms with Crippen LogP contribution in [0.25, 0.3) is 89.1 Å². The lowest BCUT2D eigenvalue weighted by Crippen LogP contribution is -2.10. The molecule has 11 aromatic rings. The Morgan fingerprint density at radius 3 is 1.77 bits per heavy atom. The van der Waals surface area contributed by atoms with E-state index >= 15 is 0 Å². The average Bonchev–Trinajstić information content (AvgIpc) is 3.71. The number of anilines is 3. The van der Waals surface area contributed by atoms with E-state index in [1.807, 2.05) is 60.7 Å². The van der Waals surface area contributed by atoms with E-state index in [9.17, 15) is 0 Å². The summed E-state index contributed by atoms with van der Waals surface area (Å²) in [5.41, 5.74) is 11.9. The Balaban J connectivity index is 0.978. The summed E-state index contributed by atoms with van der Waals surface area (Å²) in [6, 6.07) is 70.9. The van der Waals surface area contributed by atoms with Gasteiger partial charge < -0.3 is 14.1 Å². The highest BCUT2D eigenvalue weighted by atomic mass is 16.5. The third kappa shape index (κ3) is 6.00. The minimum atomic E-state index is 0.597. The molecule has 12 rings (SSSR count). The van der Waals surface area contributed by atoms with Crippen molar-refractivity contribution in [3.8, 4) is 67.9 Å². The molecule has 0 bridgehead atoms. The maximum atomic E-state index is 6.86. The molecular formula is C55H34N4O2. The molecule has 0 aliphatic carbocycles. The number of nitrogens with zero attached hydrogens (tertiary/aromatic N) is 4. The fraction of sp³-hybridized carbons (Fsp3) is 0. The van der Waals surface area contributed by atoms with Crippen LogP contribution in [-0.2, 0) is 0 Å². The van der Waals surface area contributed by atoms with Crippen LogP contribution < -0.4 is 9.64 Å². The molecule has 0 amide bonds. The van der Waals surface area contributed by atoms with Crippen LogP contribution in [-0.4, -0.2) is 15.0 Å². The lowest BCUT2D eigenvalue weighted by Gasteiger charge is -2.28. The summed E-state index contributed by atoms with van der Waals surface area (Å²) in [5, 5.41) is 4.19. The van der Waals surface area contributed by atoms with Gasteiger partial charge in [0.15, 0.2) is 17.5 Å². The summed E-state index contributed by atoms with van der Waals surface area (Å²) in [7, 11) is 0. The van der Waals surface area contributed by atoms with Crippen molar-refractivity contribution in [1.82, 2.24) is 15.0 Å². The molecule has 0 N–H and O–H groups in total. The van der Waals surface area contributed by atoms with E-state index in [1.165, 1.54) is 0 Å². The molecule has 6 nitrogen and oxygen atoms in total. The largest absolute Gasteiger partial charge is 0.456 e. The Morgan fingerprint density at radius 1 is 0.328 bits per heavy atom. The molecule has 0 radical (unpaired) electrons. The lowest BCUT2D eigenvalue weighted by atomic mass is 9.92. The third-order valence-electron chi connectivity index (χ3n) is 11.5. The van der Waals surface area contributed by atoms with E-state index in [4.69, 9.17) is 24.1 Å². The monoisotopic (exact) mass is 782 g/mol. The van der Waals surface area contributed by atoms with Crippen LogP contribution in [0.2, 0.25) is 0 Å². The van der Waals surface area contributed by atoms with E-state index in [0.717, 1.165) is 100 Å². The molecular weight excluding hydrogens is 749 g/mol. The van der Waals surface area contributed by atoms with Gasteiger partial charge in [0.25, 0.3) is 0 Å². The number of hydrogen-bond donors (Lipinski definition) is 0. The van der Waals surface area contributed by atoms with Gasteiger partial charge in [0.2, 0.25) is 0 Å². The quantitative estimate of drug-likeness (QED) is 0.160. The molecule has 0 saturated carbocycles. The molecule has 0 saturated heterocycles. The smallest absolute Gasteiger partial charge is 0.164 e. The Kier molecular flexibility index (Phi) is 8.06. The minimum absolute atomic E-state index is 0.597. The lowest BCUT2D eigenvalue weighted by molar-refractivity contribution is 0.487. The second-order valence-corrected chi connectivity index (χ2v) is 15.2. The van der Waals surface area contributed by atoms with Crippen molar-refractivity contribution in [1.29, 1.82) is 0 Å². The standard InChI is InChI=1S/C55H34N4O2/c1-4-14-35(15-5-1)37-18-12-19-38(32-37)54-56-53(36-16-6-2-7-17-36)57-55(58-54)46-29-31-50-52-44(23-13-24-45(46)52)43-28-26-41(34-51(43)61-50)59(39-20-8-3-9-21-39)40-27-30-49-47(33-40)42-22-10-11-25-48(42)60-49/h1-34H. The van der Waals surface area contributed by atoms with Gasteiger partial charge >= 0.3 is 0 Å². The fourth-order valence-corrected chi connectivity index (χ4v) is 8.64. The first-order valence-corrected chi connectivity index (χ1v) is 20.3. The van der Waals surface area contributed by atoms with Crippen molar-refractivity contribution >= 4 is 49.8 Å². The van der Waals surface area contributed by atoms with E-state index < -0.39 is 0 Å². The van der Waals surface area contributed by atoms with Gasteiger partial charge in [0.1, 0.15) is 22.7 Å². The number of hydrogen-bond acceptors (Lipinski definition) is 6. The second-order valence-electron chi connectivity index (χ2n) is 15.2. The highest BCUT2D eigenvalue weighted by Gasteiger charge is 2.25. The zero-order valence-corrected chi connectivity index (χ0v) is 32.7. The molecule has 61 heavy (non-hydrogen) atoms. The van der Waals surface area contributed by atoms with Crippen LogP contribution in [0.15, 0.2) is 211 Å². The SMILES string of the molecule is c1ccc(-c2cccc(-c3nc(-c4ccccc4)nc(-c4ccc5c6c(cccc46)-c4ccc(N(c6ccccc6)c6ccc7oc8ccccc8c7c6)cc4O5)n3)c2)cc1. The molecule has 1 aliphatic rings. The van der Waals surface area contributed by atoms with Crippen LogP contribution in [0.3, 0.4) is 0 Å². The van der Waals surface area contributed by atoms with Crippen LogP contribution in [0.5, 0.6) is 11.5 Å². The normalized spacial score (nSPS) is 11.7. The van der Waals surface area contributed by atoms with Crippen molar-refractivity contribution in [2.45, 2.75) is 0 Å². The molecule has 286 valence electrons. The molecule has 0 unspecified atom stereocenters. The first kappa shape index (κ1) is 34.7. The van der Waals surface area contributed by atoms with Crippen LogP contribution >= 0.6 is 0 Å². The number of aromatic nitrogens is 3. The van der Waals surface area contributed by atoms with Crippen molar-refractivity contribution in [2.24, 2.45) is 0 Å². The predicted molar refractivity (Wildman–Crippen MR) is 247 cm³/mol. The molecule has 3 heterocycles. The number of benzene rings is 9. The molecule has 0 atom stereocenters. The Bertz CT molecular complexity index is 3460. The van der Waals surface area contributed by atoms with Crippen molar-refractivity contribution in [2.75, 3.05) is 4.90 Å². The Labute approximate surface area is 351 Å². The van der Waals surface area contributed by atoms with Crippen LogP contribution in [0, 0.1) is 0 Å². The molecule has 2 aromatic heterocycles. The second kappa shape index (κ2) is 14.2. The van der Waals surface area contributed by atoms with Gasteiger partial charge in [-0.15, -0.1) is 0 Å². The molecule has 9 aromatic carbocycles. The van der Waals surface area contributed by atoms with Gasteiger partial charge in [-0.25, -0.2) is 15.0 Å². The number of rotatable bonds is 7. The maximum absolute atomic E-state index is 6.86. The number of ether oxygens (including phenoxy) is 1. The number of furan rings is 1. The molecule has 0 fully saturated rings. The molecule has 0 spiro atoms. The van der Waals surface area contributed by atoms with E-state index in [-0.39, 0.29) is 0 Å². The minimum Gasteiger partial charge on any atom is -0.456 e.